The van der Waals surface area contributed by atoms with Gasteiger partial charge >= 0.3 is 0 Å². The van der Waals surface area contributed by atoms with Crippen LogP contribution >= 0.6 is 0 Å². The van der Waals surface area contributed by atoms with E-state index in [2.05, 4.69) is 10.5 Å². The summed E-state index contributed by atoms with van der Waals surface area (Å²) in [7, 11) is -3.86. The molecule has 1 N–H and O–H groups in total. The van der Waals surface area contributed by atoms with Gasteiger partial charge in [-0.2, -0.15) is 4.31 Å². The Morgan fingerprint density at radius 1 is 1.06 bits per heavy atom. The van der Waals surface area contributed by atoms with Crippen molar-refractivity contribution >= 4 is 15.9 Å². The molecule has 0 bridgehead atoms. The zero-order valence-corrected chi connectivity index (χ0v) is 18.5. The Labute approximate surface area is 187 Å². The second kappa shape index (κ2) is 10.4. The number of rotatable bonds is 7. The second-order valence-electron chi connectivity index (χ2n) is 7.75. The van der Waals surface area contributed by atoms with Crippen LogP contribution in [0.25, 0.3) is 0 Å². The third kappa shape index (κ3) is 5.44. The monoisotopic (exact) mass is 461 g/mol. The van der Waals surface area contributed by atoms with E-state index in [1.807, 2.05) is 0 Å². The smallest absolute Gasteiger partial charge is 0.276 e. The lowest BCUT2D eigenvalue weighted by molar-refractivity contribution is -0.186. The molecule has 1 atom stereocenters. The first-order valence-electron chi connectivity index (χ1n) is 10.8. The van der Waals surface area contributed by atoms with E-state index in [1.165, 1.54) is 16.4 Å². The molecule has 2 aliphatic heterocycles. The number of hydroxylamine groups is 1. The standard InChI is InChI=1S/C22H27N3O6S/c26-22(24-31-21-7-3-4-16-29-21)19-5-1-2-6-20(19)32(27,28)25-14-10-18(11-15-25)30-17-8-12-23-13-9-17/h1-2,5-6,8-9,12-13,18,21H,3-4,7,10-11,14-16H2,(H,24,26). The van der Waals surface area contributed by atoms with E-state index in [-0.39, 0.29) is 16.6 Å². The topological polar surface area (TPSA) is 107 Å². The van der Waals surface area contributed by atoms with E-state index in [1.54, 1.807) is 36.7 Å². The van der Waals surface area contributed by atoms with Gasteiger partial charge in [0.2, 0.25) is 10.0 Å². The number of nitrogens with one attached hydrogen (secondary N) is 1. The van der Waals surface area contributed by atoms with Crippen molar-refractivity contribution in [2.75, 3.05) is 19.7 Å². The van der Waals surface area contributed by atoms with Crippen molar-refractivity contribution in [3.05, 3.63) is 54.4 Å². The maximum Gasteiger partial charge on any atom is 0.276 e. The number of aromatic nitrogens is 1. The molecule has 4 rings (SSSR count). The lowest BCUT2D eigenvalue weighted by atomic mass is 10.1. The highest BCUT2D eigenvalue weighted by Gasteiger charge is 2.33. The Balaban J connectivity index is 1.40. The molecule has 1 aromatic carbocycles. The van der Waals surface area contributed by atoms with Crippen LogP contribution in [0.15, 0.2) is 53.7 Å². The number of pyridine rings is 1. The minimum absolute atomic E-state index is 0.0402. The van der Waals surface area contributed by atoms with Crippen LogP contribution < -0.4 is 10.2 Å². The Kier molecular flexibility index (Phi) is 7.36. The lowest BCUT2D eigenvalue weighted by Gasteiger charge is -2.31. The molecule has 2 saturated heterocycles. The van der Waals surface area contributed by atoms with E-state index in [4.69, 9.17) is 14.3 Å². The summed E-state index contributed by atoms with van der Waals surface area (Å²) in [6, 6.07) is 9.71. The molecular weight excluding hydrogens is 434 g/mol. The van der Waals surface area contributed by atoms with E-state index in [0.717, 1.165) is 12.8 Å². The zero-order chi connectivity index (χ0) is 22.4. The van der Waals surface area contributed by atoms with Gasteiger partial charge in [0.15, 0.2) is 6.29 Å². The molecule has 0 aliphatic carbocycles. The zero-order valence-electron chi connectivity index (χ0n) is 17.7. The van der Waals surface area contributed by atoms with Crippen molar-refractivity contribution in [2.45, 2.75) is 49.4 Å². The molecule has 1 amide bonds. The van der Waals surface area contributed by atoms with Crippen LogP contribution in [0.2, 0.25) is 0 Å². The molecule has 1 aromatic heterocycles. The third-order valence-electron chi connectivity index (χ3n) is 5.52. The highest BCUT2D eigenvalue weighted by molar-refractivity contribution is 7.89. The molecule has 0 spiro atoms. The number of hydrogen-bond donors (Lipinski definition) is 1. The maximum absolute atomic E-state index is 13.3. The van der Waals surface area contributed by atoms with Crippen molar-refractivity contribution in [1.29, 1.82) is 0 Å². The van der Waals surface area contributed by atoms with Crippen LogP contribution in [0.4, 0.5) is 0 Å². The summed E-state index contributed by atoms with van der Waals surface area (Å²) in [5.41, 5.74) is 2.39. The van der Waals surface area contributed by atoms with Gasteiger partial charge in [-0.15, -0.1) is 0 Å². The molecule has 3 heterocycles. The van der Waals surface area contributed by atoms with Crippen molar-refractivity contribution in [3.8, 4) is 5.75 Å². The fraction of sp³-hybridized carbons (Fsp3) is 0.455. The lowest BCUT2D eigenvalue weighted by Crippen LogP contribution is -2.42. The largest absolute Gasteiger partial charge is 0.490 e. The Morgan fingerprint density at radius 2 is 1.81 bits per heavy atom. The number of amides is 1. The average molecular weight is 462 g/mol. The molecule has 172 valence electrons. The summed E-state index contributed by atoms with van der Waals surface area (Å²) in [6.45, 7) is 1.19. The molecule has 10 heteroatoms. The predicted octanol–water partition coefficient (Wildman–Crippen LogP) is 2.50. The molecule has 9 nitrogen and oxygen atoms in total. The number of carbonyl (C=O) groups excluding carboxylic acids is 1. The van der Waals surface area contributed by atoms with Crippen molar-refractivity contribution in [1.82, 2.24) is 14.8 Å². The third-order valence-corrected chi connectivity index (χ3v) is 7.48. The molecule has 2 aromatic rings. The summed E-state index contributed by atoms with van der Waals surface area (Å²) >= 11 is 0. The number of nitrogens with zero attached hydrogens (tertiary/aromatic N) is 2. The summed E-state index contributed by atoms with van der Waals surface area (Å²) in [4.78, 5) is 21.9. The van der Waals surface area contributed by atoms with E-state index < -0.39 is 22.2 Å². The second-order valence-corrected chi connectivity index (χ2v) is 9.65. The van der Waals surface area contributed by atoms with Crippen LogP contribution in [-0.2, 0) is 19.6 Å². The first-order chi connectivity index (χ1) is 15.5. The quantitative estimate of drug-likeness (QED) is 0.631. The average Bonchev–Trinajstić information content (AvgIpc) is 2.84. The number of sulfonamides is 1. The van der Waals surface area contributed by atoms with Crippen molar-refractivity contribution in [2.24, 2.45) is 0 Å². The molecule has 32 heavy (non-hydrogen) atoms. The highest BCUT2D eigenvalue weighted by atomic mass is 32.2. The van der Waals surface area contributed by atoms with Gasteiger partial charge in [-0.05, 0) is 49.9 Å². The fourth-order valence-corrected chi connectivity index (χ4v) is 5.46. The van der Waals surface area contributed by atoms with Crippen molar-refractivity contribution < 1.29 is 27.5 Å². The van der Waals surface area contributed by atoms with Crippen LogP contribution in [0.1, 0.15) is 42.5 Å². The van der Waals surface area contributed by atoms with E-state index in [9.17, 15) is 13.2 Å². The van der Waals surface area contributed by atoms with Crippen LogP contribution in [-0.4, -0.2) is 55.7 Å². The van der Waals surface area contributed by atoms with Gasteiger partial charge in [-0.1, -0.05) is 12.1 Å². The van der Waals surface area contributed by atoms with Crippen LogP contribution in [0.3, 0.4) is 0 Å². The van der Waals surface area contributed by atoms with Crippen LogP contribution in [0.5, 0.6) is 5.75 Å². The highest BCUT2D eigenvalue weighted by Crippen LogP contribution is 2.26. The fourth-order valence-electron chi connectivity index (χ4n) is 3.80. The maximum atomic E-state index is 13.3. The normalized spacial score (nSPS) is 20.6. The summed E-state index contributed by atoms with van der Waals surface area (Å²) in [5.74, 6) is 0.0968. The number of hydrogen-bond acceptors (Lipinski definition) is 7. The van der Waals surface area contributed by atoms with Gasteiger partial charge in [0, 0.05) is 38.5 Å². The van der Waals surface area contributed by atoms with Gasteiger partial charge < -0.3 is 9.47 Å². The molecule has 2 fully saturated rings. The number of piperidine rings is 1. The summed E-state index contributed by atoms with van der Waals surface area (Å²) in [6.07, 6.45) is 6.41. The van der Waals surface area contributed by atoms with Gasteiger partial charge in [0.25, 0.3) is 5.91 Å². The van der Waals surface area contributed by atoms with E-state index >= 15 is 0 Å². The summed E-state index contributed by atoms with van der Waals surface area (Å²) in [5, 5.41) is 0. The molecular formula is C22H27N3O6S. The van der Waals surface area contributed by atoms with Gasteiger partial charge in [-0.25, -0.2) is 18.7 Å². The first kappa shape index (κ1) is 22.7. The number of carbonyl (C=O) groups is 1. The molecule has 0 saturated carbocycles. The Morgan fingerprint density at radius 3 is 2.53 bits per heavy atom. The molecule has 2 aliphatic rings. The Bertz CT molecular complexity index is 1000. The van der Waals surface area contributed by atoms with E-state index in [0.29, 0.717) is 44.7 Å². The number of benzene rings is 1. The molecule has 1 unspecified atom stereocenters. The Hall–Kier alpha value is -2.53. The number of ether oxygens (including phenoxy) is 2. The van der Waals surface area contributed by atoms with Crippen molar-refractivity contribution in [3.63, 3.8) is 0 Å². The predicted molar refractivity (Wildman–Crippen MR) is 115 cm³/mol. The van der Waals surface area contributed by atoms with Crippen LogP contribution in [0, 0.1) is 0 Å². The SMILES string of the molecule is O=C(NOC1CCCCO1)c1ccccc1S(=O)(=O)N1CCC(Oc2ccncc2)CC1. The van der Waals surface area contributed by atoms with Gasteiger partial charge in [0.05, 0.1) is 10.5 Å². The minimum atomic E-state index is -3.86. The van der Waals surface area contributed by atoms with Gasteiger partial charge in [0.1, 0.15) is 11.9 Å². The minimum Gasteiger partial charge on any atom is -0.490 e. The summed E-state index contributed by atoms with van der Waals surface area (Å²) < 4.78 is 39.4. The van der Waals surface area contributed by atoms with Gasteiger partial charge in [-0.3, -0.25) is 9.78 Å². The first-order valence-corrected chi connectivity index (χ1v) is 12.2. The molecule has 0 radical (unpaired) electrons.